The van der Waals surface area contributed by atoms with Crippen LogP contribution in [0.3, 0.4) is 0 Å². The van der Waals surface area contributed by atoms with Gasteiger partial charge in [-0.1, -0.05) is 17.7 Å². The van der Waals surface area contributed by atoms with Gasteiger partial charge in [0.05, 0.1) is 10.5 Å². The Hall–Kier alpha value is -4.15. The normalized spacial score (nSPS) is 16.9. The van der Waals surface area contributed by atoms with Gasteiger partial charge in [-0.25, -0.2) is 18.0 Å². The highest BCUT2D eigenvalue weighted by molar-refractivity contribution is 7.89. The first kappa shape index (κ1) is 27.9. The number of hydrogen-bond acceptors (Lipinski definition) is 6. The molecular weight excluding hydrogens is 569 g/mol. The van der Waals surface area contributed by atoms with Gasteiger partial charge in [-0.15, -0.1) is 0 Å². The second kappa shape index (κ2) is 9.55. The van der Waals surface area contributed by atoms with Crippen molar-refractivity contribution in [2.75, 3.05) is 16.0 Å². The molecule has 0 saturated carbocycles. The Kier molecular flexibility index (Phi) is 6.82. The maximum absolute atomic E-state index is 14.5. The van der Waals surface area contributed by atoms with Gasteiger partial charge in [-0.3, -0.25) is 18.7 Å². The third-order valence-corrected chi connectivity index (χ3v) is 7.53. The molecule has 0 bridgehead atoms. The van der Waals surface area contributed by atoms with Crippen molar-refractivity contribution < 1.29 is 31.2 Å². The number of carbonyl (C=O) groups excluding carboxylic acids is 2. The molecule has 4 N–H and O–H groups in total. The fourth-order valence-corrected chi connectivity index (χ4v) is 5.42. The van der Waals surface area contributed by atoms with Crippen LogP contribution in [0.1, 0.15) is 5.56 Å². The third kappa shape index (κ3) is 4.77. The maximum atomic E-state index is 14.5. The Morgan fingerprint density at radius 2 is 1.59 bits per heavy atom. The molecule has 0 radical (unpaired) electrons. The predicted molar refractivity (Wildman–Crippen MR) is 134 cm³/mol. The number of alkyl halides is 3. The first-order valence-electron chi connectivity index (χ1n) is 10.7. The summed E-state index contributed by atoms with van der Waals surface area (Å²) in [7, 11) is -3.22. The lowest BCUT2D eigenvalue weighted by Gasteiger charge is -2.30. The first-order valence-corrected chi connectivity index (χ1v) is 12.6. The average Bonchev–Trinajstić information content (AvgIpc) is 3.14. The summed E-state index contributed by atoms with van der Waals surface area (Å²) in [6, 6.07) is 9.46. The second-order valence-corrected chi connectivity index (χ2v) is 10.5. The van der Waals surface area contributed by atoms with Gasteiger partial charge in [-0.05, 0) is 42.5 Å². The molecule has 0 aliphatic carbocycles. The fraction of sp³-hybridized carbons (Fsp3) is 0.182. The Morgan fingerprint density at radius 3 is 2.18 bits per heavy atom. The molecule has 3 amide bonds. The van der Waals surface area contributed by atoms with Crippen molar-refractivity contribution in [3.8, 4) is 0 Å². The van der Waals surface area contributed by atoms with Crippen LogP contribution in [0.2, 0.25) is 5.02 Å². The zero-order valence-corrected chi connectivity index (χ0v) is 21.5. The van der Waals surface area contributed by atoms with E-state index in [1.54, 1.807) is 23.5 Å². The summed E-state index contributed by atoms with van der Waals surface area (Å²) in [6.45, 7) is 0. The van der Waals surface area contributed by atoms with E-state index in [0.717, 1.165) is 38.4 Å². The van der Waals surface area contributed by atoms with Gasteiger partial charge in [0.25, 0.3) is 11.5 Å². The Bertz CT molecular complexity index is 1740. The molecule has 12 nitrogen and oxygen atoms in total. The van der Waals surface area contributed by atoms with E-state index >= 15 is 0 Å². The molecule has 2 heterocycles. The van der Waals surface area contributed by atoms with Crippen LogP contribution >= 0.6 is 11.6 Å². The van der Waals surface area contributed by atoms with Gasteiger partial charge < -0.3 is 16.0 Å². The van der Waals surface area contributed by atoms with Gasteiger partial charge in [0.15, 0.2) is 0 Å². The van der Waals surface area contributed by atoms with Gasteiger partial charge in [0, 0.05) is 30.5 Å². The van der Waals surface area contributed by atoms with E-state index in [-0.39, 0.29) is 5.69 Å². The van der Waals surface area contributed by atoms with Crippen molar-refractivity contribution in [1.82, 2.24) is 13.9 Å². The summed E-state index contributed by atoms with van der Waals surface area (Å²) in [6.07, 6.45) is -5.64. The van der Waals surface area contributed by atoms with Crippen LogP contribution in [-0.2, 0) is 34.5 Å². The van der Waals surface area contributed by atoms with Gasteiger partial charge in [0.2, 0.25) is 15.6 Å². The van der Waals surface area contributed by atoms with Crippen molar-refractivity contribution in [2.24, 2.45) is 14.1 Å². The largest absolute Gasteiger partial charge is 0.421 e. The van der Waals surface area contributed by atoms with Gasteiger partial charge in [0.1, 0.15) is 5.82 Å². The number of sulfonamides is 1. The molecule has 39 heavy (non-hydrogen) atoms. The van der Waals surface area contributed by atoms with Crippen LogP contribution in [0, 0.1) is 0 Å². The lowest BCUT2D eigenvalue weighted by atomic mass is 9.93. The highest BCUT2D eigenvalue weighted by atomic mass is 35.5. The van der Waals surface area contributed by atoms with Crippen molar-refractivity contribution >= 4 is 50.8 Å². The van der Waals surface area contributed by atoms with E-state index in [4.69, 9.17) is 11.6 Å². The number of anilines is 3. The molecule has 0 spiro atoms. The number of fused-ring (bicyclic) bond motifs is 1. The minimum Gasteiger partial charge on any atom is -0.309 e. The van der Waals surface area contributed by atoms with Crippen LogP contribution in [0.25, 0.3) is 0 Å². The Labute approximate surface area is 222 Å². The lowest BCUT2D eigenvalue weighted by molar-refractivity contribution is -0.194. The summed E-state index contributed by atoms with van der Waals surface area (Å²) in [4.78, 5) is 49.1. The lowest BCUT2D eigenvalue weighted by Crippen LogP contribution is -2.62. The summed E-state index contributed by atoms with van der Waals surface area (Å²) in [5.74, 6) is -2.71. The number of nitrogens with one attached hydrogen (secondary N) is 4. The molecule has 17 heteroatoms. The minimum atomic E-state index is -5.64. The smallest absolute Gasteiger partial charge is 0.309 e. The molecule has 0 saturated heterocycles. The van der Waals surface area contributed by atoms with E-state index < -0.39 is 61.2 Å². The number of hydrogen-bond donors (Lipinski definition) is 4. The van der Waals surface area contributed by atoms with E-state index in [0.29, 0.717) is 19.8 Å². The Morgan fingerprint density at radius 1 is 0.974 bits per heavy atom. The topological polar surface area (TPSA) is 160 Å². The van der Waals surface area contributed by atoms with Crippen molar-refractivity contribution in [3.63, 3.8) is 0 Å². The molecule has 3 aromatic rings. The van der Waals surface area contributed by atoms with E-state index in [1.807, 2.05) is 0 Å². The number of benzene rings is 2. The minimum absolute atomic E-state index is 0.0758. The zero-order valence-electron chi connectivity index (χ0n) is 19.9. The molecule has 0 unspecified atom stereocenters. The first-order chi connectivity index (χ1) is 18.1. The third-order valence-electron chi connectivity index (χ3n) is 5.83. The molecular formula is C22H18ClF3N6O6S. The molecule has 1 aromatic heterocycles. The van der Waals surface area contributed by atoms with Crippen LogP contribution in [0.5, 0.6) is 0 Å². The SMILES string of the molecule is Cn1c2c(c(=O)n(C)c1=O)[C@@](NS(=O)(=O)c1ccc(NC(=O)Nc3cccc(Cl)c3)cc1)(C(F)(F)F)C(=O)N2. The van der Waals surface area contributed by atoms with Gasteiger partial charge in [-0.2, -0.15) is 17.9 Å². The fourth-order valence-electron chi connectivity index (χ4n) is 3.91. The Balaban J connectivity index is 1.67. The number of amides is 3. The number of urea groups is 1. The predicted octanol–water partition coefficient (Wildman–Crippen LogP) is 2.07. The highest BCUT2D eigenvalue weighted by Gasteiger charge is 2.69. The average molecular weight is 587 g/mol. The van der Waals surface area contributed by atoms with E-state index in [1.165, 1.54) is 10.8 Å². The van der Waals surface area contributed by atoms with Crippen LogP contribution in [0.4, 0.5) is 35.2 Å². The second-order valence-electron chi connectivity index (χ2n) is 8.35. The molecule has 2 aromatic carbocycles. The molecule has 4 rings (SSSR count). The highest BCUT2D eigenvalue weighted by Crippen LogP contribution is 2.45. The van der Waals surface area contributed by atoms with Crippen LogP contribution < -0.4 is 31.9 Å². The van der Waals surface area contributed by atoms with Crippen LogP contribution in [-0.4, -0.2) is 35.7 Å². The number of aromatic nitrogens is 2. The number of halogens is 4. The summed E-state index contributed by atoms with van der Waals surface area (Å²) in [5.41, 5.74) is -7.45. The quantitative estimate of drug-likeness (QED) is 0.358. The number of carbonyl (C=O) groups is 2. The summed E-state index contributed by atoms with van der Waals surface area (Å²) >= 11 is 5.85. The van der Waals surface area contributed by atoms with E-state index in [9.17, 15) is 40.8 Å². The van der Waals surface area contributed by atoms with Crippen molar-refractivity contribution in [1.29, 1.82) is 0 Å². The number of nitrogens with zero attached hydrogens (tertiary/aromatic N) is 2. The van der Waals surface area contributed by atoms with Crippen molar-refractivity contribution in [2.45, 2.75) is 16.6 Å². The molecule has 1 aliphatic rings. The van der Waals surface area contributed by atoms with Gasteiger partial charge >= 0.3 is 17.9 Å². The standard InChI is InChI=1S/C22H18ClF3N6O6S/c1-31-16-15(17(33)32(2)20(31)36)21(18(34)29-16,22(24,25)26)30-39(37,38)14-8-6-12(7-9-14)27-19(35)28-13-5-3-4-11(23)10-13/h3-10,30H,1-2H3,(H,29,34)(H2,27,28,35)/t21-/m0/s1. The maximum Gasteiger partial charge on any atom is 0.421 e. The summed E-state index contributed by atoms with van der Waals surface area (Å²) < 4.78 is 71.8. The van der Waals surface area contributed by atoms with Crippen molar-refractivity contribution in [3.05, 3.63) is 80.0 Å². The monoisotopic (exact) mass is 586 g/mol. The molecule has 0 fully saturated rings. The number of rotatable bonds is 5. The molecule has 206 valence electrons. The molecule has 1 aliphatic heterocycles. The van der Waals surface area contributed by atoms with Crippen LogP contribution in [0.15, 0.2) is 63.0 Å². The van der Waals surface area contributed by atoms with E-state index in [2.05, 4.69) is 10.6 Å². The zero-order chi connectivity index (χ0) is 28.9. The summed E-state index contributed by atoms with van der Waals surface area (Å²) in [5, 5.41) is 7.06. The molecule has 1 atom stereocenters.